The van der Waals surface area contributed by atoms with Crippen molar-refractivity contribution in [3.05, 3.63) is 22.4 Å². The maximum Gasteiger partial charge on any atom is 0.0547 e. The van der Waals surface area contributed by atoms with Gasteiger partial charge >= 0.3 is 0 Å². The molecule has 1 heterocycles. The lowest BCUT2D eigenvalue weighted by Gasteiger charge is -2.23. The first-order valence-electron chi connectivity index (χ1n) is 3.47. The molecule has 3 heteroatoms. The average Bonchev–Trinajstić information content (AvgIpc) is 2.55. The summed E-state index contributed by atoms with van der Waals surface area (Å²) in [6.07, 6.45) is 0. The van der Waals surface area contributed by atoms with Crippen LogP contribution in [0.15, 0.2) is 16.8 Å². The highest BCUT2D eigenvalue weighted by atomic mass is 32.1. The molecule has 0 atom stereocenters. The summed E-state index contributed by atoms with van der Waals surface area (Å²) in [4.78, 5) is 0. The highest BCUT2D eigenvalue weighted by Crippen LogP contribution is 2.24. The molecule has 0 aliphatic rings. The van der Waals surface area contributed by atoms with Crippen molar-refractivity contribution in [2.75, 3.05) is 13.2 Å². The monoisotopic (exact) mass is 172 g/mol. The molecule has 2 nitrogen and oxygen atoms in total. The summed E-state index contributed by atoms with van der Waals surface area (Å²) in [6, 6.07) is 1.93. The van der Waals surface area contributed by atoms with Crippen LogP contribution in [0.1, 0.15) is 12.5 Å². The maximum absolute atomic E-state index is 9.00. The molecule has 0 bridgehead atoms. The summed E-state index contributed by atoms with van der Waals surface area (Å²) in [5.41, 5.74) is 0.535. The second-order valence-electron chi connectivity index (χ2n) is 2.89. The molecule has 11 heavy (non-hydrogen) atoms. The molecule has 0 amide bonds. The first-order valence-corrected chi connectivity index (χ1v) is 4.41. The summed E-state index contributed by atoms with van der Waals surface area (Å²) in [5, 5.41) is 21.9. The Morgan fingerprint density at radius 1 is 1.45 bits per heavy atom. The van der Waals surface area contributed by atoms with E-state index in [2.05, 4.69) is 0 Å². The largest absolute Gasteiger partial charge is 0.395 e. The molecule has 0 aliphatic carbocycles. The van der Waals surface area contributed by atoms with Gasteiger partial charge in [-0.15, -0.1) is 0 Å². The highest BCUT2D eigenvalue weighted by molar-refractivity contribution is 7.08. The zero-order valence-corrected chi connectivity index (χ0v) is 7.27. The predicted octanol–water partition coefficient (Wildman–Crippen LogP) is 0.990. The molecule has 1 aromatic rings. The Kier molecular flexibility index (Phi) is 2.65. The van der Waals surface area contributed by atoms with Crippen LogP contribution < -0.4 is 0 Å². The molecular weight excluding hydrogens is 160 g/mol. The first kappa shape index (κ1) is 8.71. The minimum Gasteiger partial charge on any atom is -0.395 e. The normalized spacial score (nSPS) is 11.9. The van der Waals surface area contributed by atoms with E-state index in [0.29, 0.717) is 0 Å². The molecule has 62 valence electrons. The van der Waals surface area contributed by atoms with Crippen LogP contribution in [-0.2, 0) is 5.41 Å². The Labute approximate surface area is 70.1 Å². The van der Waals surface area contributed by atoms with Gasteiger partial charge in [-0.05, 0) is 22.4 Å². The van der Waals surface area contributed by atoms with Gasteiger partial charge in [0.1, 0.15) is 0 Å². The Morgan fingerprint density at radius 3 is 2.45 bits per heavy atom. The van der Waals surface area contributed by atoms with Gasteiger partial charge in [-0.3, -0.25) is 0 Å². The van der Waals surface area contributed by atoms with Crippen LogP contribution >= 0.6 is 11.3 Å². The fourth-order valence-electron chi connectivity index (χ4n) is 0.840. The molecule has 0 fully saturated rings. The molecule has 2 N–H and O–H groups in total. The second kappa shape index (κ2) is 3.34. The van der Waals surface area contributed by atoms with Crippen molar-refractivity contribution in [2.24, 2.45) is 0 Å². The van der Waals surface area contributed by atoms with E-state index < -0.39 is 5.41 Å². The third-order valence-corrected chi connectivity index (χ3v) is 2.60. The maximum atomic E-state index is 9.00. The van der Waals surface area contributed by atoms with Crippen molar-refractivity contribution in [1.82, 2.24) is 0 Å². The minimum atomic E-state index is -0.472. The first-order chi connectivity index (χ1) is 5.23. The van der Waals surface area contributed by atoms with Crippen LogP contribution in [-0.4, -0.2) is 23.4 Å². The molecule has 1 aromatic heterocycles. The number of aliphatic hydroxyl groups excluding tert-OH is 2. The molecular formula is C8H12O2S. The Hall–Kier alpha value is -0.380. The third-order valence-electron chi connectivity index (χ3n) is 1.92. The van der Waals surface area contributed by atoms with E-state index in [-0.39, 0.29) is 13.2 Å². The van der Waals surface area contributed by atoms with Crippen LogP contribution in [0.4, 0.5) is 0 Å². The van der Waals surface area contributed by atoms with Crippen LogP contribution in [0.25, 0.3) is 0 Å². The molecule has 0 spiro atoms. The molecule has 0 unspecified atom stereocenters. The molecule has 1 rings (SSSR count). The summed E-state index contributed by atoms with van der Waals surface area (Å²) in [7, 11) is 0. The van der Waals surface area contributed by atoms with Crippen molar-refractivity contribution >= 4 is 11.3 Å². The topological polar surface area (TPSA) is 40.5 Å². The molecule has 0 saturated heterocycles. The van der Waals surface area contributed by atoms with Gasteiger partial charge in [-0.1, -0.05) is 6.92 Å². The van der Waals surface area contributed by atoms with Crippen molar-refractivity contribution in [3.63, 3.8) is 0 Å². The van der Waals surface area contributed by atoms with Crippen LogP contribution in [0.5, 0.6) is 0 Å². The third kappa shape index (κ3) is 1.61. The molecule has 0 aromatic carbocycles. The number of thiophene rings is 1. The van der Waals surface area contributed by atoms with Crippen molar-refractivity contribution in [2.45, 2.75) is 12.3 Å². The van der Waals surface area contributed by atoms with Gasteiger partial charge in [-0.25, -0.2) is 0 Å². The van der Waals surface area contributed by atoms with Gasteiger partial charge in [0.2, 0.25) is 0 Å². The minimum absolute atomic E-state index is 0.0137. The van der Waals surface area contributed by atoms with Crippen molar-refractivity contribution < 1.29 is 10.2 Å². The van der Waals surface area contributed by atoms with E-state index in [9.17, 15) is 0 Å². The summed E-state index contributed by atoms with van der Waals surface area (Å²) in [5.74, 6) is 0. The van der Waals surface area contributed by atoms with Crippen LogP contribution in [0, 0.1) is 0 Å². The fraction of sp³-hybridized carbons (Fsp3) is 0.500. The molecule has 0 radical (unpaired) electrons. The van der Waals surface area contributed by atoms with Gasteiger partial charge in [0.15, 0.2) is 0 Å². The lowest BCUT2D eigenvalue weighted by atomic mass is 9.86. The van der Waals surface area contributed by atoms with Gasteiger partial charge in [0, 0.05) is 5.41 Å². The van der Waals surface area contributed by atoms with Crippen molar-refractivity contribution in [1.29, 1.82) is 0 Å². The lowest BCUT2D eigenvalue weighted by Crippen LogP contribution is -2.30. The number of hydrogen-bond donors (Lipinski definition) is 2. The average molecular weight is 172 g/mol. The highest BCUT2D eigenvalue weighted by Gasteiger charge is 2.24. The molecule has 0 aliphatic heterocycles. The van der Waals surface area contributed by atoms with E-state index in [1.807, 2.05) is 23.8 Å². The van der Waals surface area contributed by atoms with Crippen LogP contribution in [0.2, 0.25) is 0 Å². The van der Waals surface area contributed by atoms with E-state index in [4.69, 9.17) is 10.2 Å². The van der Waals surface area contributed by atoms with E-state index in [1.165, 1.54) is 0 Å². The molecule has 0 saturated carbocycles. The fourth-order valence-corrected chi connectivity index (χ4v) is 1.65. The van der Waals surface area contributed by atoms with Gasteiger partial charge in [-0.2, -0.15) is 11.3 Å². The van der Waals surface area contributed by atoms with E-state index >= 15 is 0 Å². The van der Waals surface area contributed by atoms with E-state index in [0.717, 1.165) is 5.56 Å². The van der Waals surface area contributed by atoms with E-state index in [1.54, 1.807) is 11.3 Å². The predicted molar refractivity (Wildman–Crippen MR) is 45.8 cm³/mol. The smallest absolute Gasteiger partial charge is 0.0547 e. The summed E-state index contributed by atoms with van der Waals surface area (Å²) in [6.45, 7) is 1.81. The SMILES string of the molecule is CC(CO)(CO)c1ccsc1. The van der Waals surface area contributed by atoms with Gasteiger partial charge in [0.05, 0.1) is 13.2 Å². The van der Waals surface area contributed by atoms with Gasteiger partial charge < -0.3 is 10.2 Å². The summed E-state index contributed by atoms with van der Waals surface area (Å²) >= 11 is 1.57. The van der Waals surface area contributed by atoms with Crippen molar-refractivity contribution in [3.8, 4) is 0 Å². The zero-order chi connectivity index (χ0) is 8.32. The standard InChI is InChI=1S/C8H12O2S/c1-8(5-9,6-10)7-2-3-11-4-7/h2-4,9-10H,5-6H2,1H3. The second-order valence-corrected chi connectivity index (χ2v) is 3.67. The number of aliphatic hydroxyl groups is 2. The lowest BCUT2D eigenvalue weighted by molar-refractivity contribution is 0.130. The number of rotatable bonds is 3. The van der Waals surface area contributed by atoms with Gasteiger partial charge in [0.25, 0.3) is 0 Å². The summed E-state index contributed by atoms with van der Waals surface area (Å²) < 4.78 is 0. The Bertz CT molecular complexity index is 202. The Morgan fingerprint density at radius 2 is 2.09 bits per heavy atom. The van der Waals surface area contributed by atoms with Crippen LogP contribution in [0.3, 0.4) is 0 Å². The quantitative estimate of drug-likeness (QED) is 0.714. The Balaban J connectivity index is 2.87. The number of hydrogen-bond acceptors (Lipinski definition) is 3. The zero-order valence-electron chi connectivity index (χ0n) is 6.45.